The molecule has 15 heavy (non-hydrogen) atoms. The van der Waals surface area contributed by atoms with Gasteiger partial charge in [0.25, 0.3) is 0 Å². The molecule has 1 aliphatic carbocycles. The maximum Gasteiger partial charge on any atom is 0.316 e. The Morgan fingerprint density at radius 3 is 2.33 bits per heavy atom. The molecule has 0 N–H and O–H groups in total. The van der Waals surface area contributed by atoms with Crippen molar-refractivity contribution in [3.8, 4) is 0 Å². The molecule has 0 spiro atoms. The minimum atomic E-state index is -0.891. The van der Waals surface area contributed by atoms with Gasteiger partial charge in [0.2, 0.25) is 0 Å². The molecule has 84 valence electrons. The zero-order valence-electron chi connectivity index (χ0n) is 9.12. The number of carbonyl (C=O) groups excluding carboxylic acids is 3. The van der Waals surface area contributed by atoms with Crippen LogP contribution in [0.4, 0.5) is 0 Å². The van der Waals surface area contributed by atoms with Crippen LogP contribution in [0.25, 0.3) is 0 Å². The summed E-state index contributed by atoms with van der Waals surface area (Å²) in [6.45, 7) is 3.24. The van der Waals surface area contributed by atoms with Crippen molar-refractivity contribution in [1.82, 2.24) is 0 Å². The van der Waals surface area contributed by atoms with Gasteiger partial charge < -0.3 is 4.74 Å². The molecular weight excluding hydrogens is 196 g/mol. The molecular formula is C11H16O4. The Hall–Kier alpha value is -1.19. The van der Waals surface area contributed by atoms with Crippen LogP contribution < -0.4 is 0 Å². The first-order valence-corrected chi connectivity index (χ1v) is 5.26. The summed E-state index contributed by atoms with van der Waals surface area (Å²) in [4.78, 5) is 34.0. The summed E-state index contributed by atoms with van der Waals surface area (Å²) in [5.74, 6) is -1.65. The molecule has 1 fully saturated rings. The third kappa shape index (κ3) is 3.46. The lowest BCUT2D eigenvalue weighted by molar-refractivity contribution is -0.152. The Balaban J connectivity index is 2.52. The van der Waals surface area contributed by atoms with Crippen LogP contribution >= 0.6 is 0 Å². The molecule has 0 aromatic heterocycles. The summed E-state index contributed by atoms with van der Waals surface area (Å²) in [5, 5.41) is 0. The Morgan fingerprint density at radius 2 is 1.93 bits per heavy atom. The van der Waals surface area contributed by atoms with E-state index in [9.17, 15) is 14.4 Å². The summed E-state index contributed by atoms with van der Waals surface area (Å²) < 4.78 is 4.75. The third-order valence-corrected chi connectivity index (χ3v) is 2.50. The van der Waals surface area contributed by atoms with Crippen LogP contribution in [0, 0.1) is 11.8 Å². The second kappa shape index (κ2) is 5.05. The van der Waals surface area contributed by atoms with Gasteiger partial charge >= 0.3 is 5.97 Å². The Labute approximate surface area is 89.0 Å². The number of ether oxygens (including phenoxy) is 1. The normalized spacial score (nSPS) is 16.9. The highest BCUT2D eigenvalue weighted by molar-refractivity contribution is 6.02. The average molecular weight is 212 g/mol. The molecule has 4 nitrogen and oxygen atoms in total. The smallest absolute Gasteiger partial charge is 0.316 e. The molecule has 1 unspecified atom stereocenters. The monoisotopic (exact) mass is 212 g/mol. The fourth-order valence-electron chi connectivity index (χ4n) is 1.41. The van der Waals surface area contributed by atoms with Crippen LogP contribution in [-0.2, 0) is 19.1 Å². The van der Waals surface area contributed by atoms with Crippen molar-refractivity contribution in [2.24, 2.45) is 11.8 Å². The lowest BCUT2D eigenvalue weighted by atomic mass is 9.97. The molecule has 0 aromatic rings. The van der Waals surface area contributed by atoms with E-state index < -0.39 is 11.9 Å². The van der Waals surface area contributed by atoms with Crippen LogP contribution in [0.5, 0.6) is 0 Å². The number of hydrogen-bond donors (Lipinski definition) is 0. The molecule has 1 atom stereocenters. The SMILES string of the molecule is CCOC(=O)C(CC(=O)C1CC1)C(C)=O. The van der Waals surface area contributed by atoms with Crippen molar-refractivity contribution in [1.29, 1.82) is 0 Å². The molecule has 0 aliphatic heterocycles. The highest BCUT2D eigenvalue weighted by Crippen LogP contribution is 2.32. The number of carbonyl (C=O) groups is 3. The van der Waals surface area contributed by atoms with Crippen LogP contribution in [0.1, 0.15) is 33.1 Å². The van der Waals surface area contributed by atoms with Crippen LogP contribution in [0.2, 0.25) is 0 Å². The highest BCUT2D eigenvalue weighted by Gasteiger charge is 2.35. The van der Waals surface area contributed by atoms with Gasteiger partial charge in [-0.3, -0.25) is 14.4 Å². The molecule has 0 aromatic carbocycles. The highest BCUT2D eigenvalue weighted by atomic mass is 16.5. The summed E-state index contributed by atoms with van der Waals surface area (Å²) >= 11 is 0. The molecule has 1 rings (SSSR count). The van der Waals surface area contributed by atoms with Crippen LogP contribution in [0.3, 0.4) is 0 Å². The fourth-order valence-corrected chi connectivity index (χ4v) is 1.41. The van der Waals surface area contributed by atoms with E-state index >= 15 is 0 Å². The Morgan fingerprint density at radius 1 is 1.33 bits per heavy atom. The number of Topliss-reactive ketones (excluding diaryl/α,β-unsaturated/α-hetero) is 2. The van der Waals surface area contributed by atoms with E-state index in [-0.39, 0.29) is 30.5 Å². The first-order chi connectivity index (χ1) is 7.06. The molecule has 0 bridgehead atoms. The summed E-state index contributed by atoms with van der Waals surface area (Å²) in [7, 11) is 0. The van der Waals surface area contributed by atoms with E-state index in [0.29, 0.717) is 0 Å². The van der Waals surface area contributed by atoms with Gasteiger partial charge in [0.1, 0.15) is 17.5 Å². The minimum Gasteiger partial charge on any atom is -0.465 e. The number of ketones is 2. The van der Waals surface area contributed by atoms with Crippen molar-refractivity contribution in [2.75, 3.05) is 6.61 Å². The van der Waals surface area contributed by atoms with Crippen molar-refractivity contribution in [2.45, 2.75) is 33.1 Å². The van der Waals surface area contributed by atoms with Gasteiger partial charge in [-0.05, 0) is 26.7 Å². The lowest BCUT2D eigenvalue weighted by Crippen LogP contribution is -2.27. The van der Waals surface area contributed by atoms with Gasteiger partial charge in [-0.25, -0.2) is 0 Å². The third-order valence-electron chi connectivity index (χ3n) is 2.50. The first-order valence-electron chi connectivity index (χ1n) is 5.26. The molecule has 1 aliphatic rings. The molecule has 1 saturated carbocycles. The van der Waals surface area contributed by atoms with Crippen molar-refractivity contribution in [3.05, 3.63) is 0 Å². The van der Waals surface area contributed by atoms with Gasteiger partial charge in [-0.1, -0.05) is 0 Å². The second-order valence-electron chi connectivity index (χ2n) is 3.86. The molecule has 0 radical (unpaired) electrons. The van der Waals surface area contributed by atoms with E-state index in [1.165, 1.54) is 6.92 Å². The Kier molecular flexibility index (Phi) is 4.00. The molecule has 0 heterocycles. The summed E-state index contributed by atoms with van der Waals surface area (Å²) in [5.41, 5.74) is 0. The van der Waals surface area contributed by atoms with Crippen molar-refractivity contribution >= 4 is 17.5 Å². The van der Waals surface area contributed by atoms with Crippen molar-refractivity contribution in [3.63, 3.8) is 0 Å². The second-order valence-corrected chi connectivity index (χ2v) is 3.86. The van der Waals surface area contributed by atoms with Gasteiger partial charge in [0.15, 0.2) is 0 Å². The van der Waals surface area contributed by atoms with E-state index in [0.717, 1.165) is 12.8 Å². The summed E-state index contributed by atoms with van der Waals surface area (Å²) in [6, 6.07) is 0. The van der Waals surface area contributed by atoms with Gasteiger partial charge in [0, 0.05) is 12.3 Å². The lowest BCUT2D eigenvalue weighted by Gasteiger charge is -2.11. The van der Waals surface area contributed by atoms with Gasteiger partial charge in [0.05, 0.1) is 6.61 Å². The predicted octanol–water partition coefficient (Wildman–Crippen LogP) is 1.12. The van der Waals surface area contributed by atoms with Gasteiger partial charge in [-0.15, -0.1) is 0 Å². The fraction of sp³-hybridized carbons (Fsp3) is 0.727. The molecule has 0 amide bonds. The van der Waals surface area contributed by atoms with E-state index in [2.05, 4.69) is 0 Å². The summed E-state index contributed by atoms with van der Waals surface area (Å²) in [6.07, 6.45) is 1.80. The van der Waals surface area contributed by atoms with E-state index in [1.54, 1.807) is 6.92 Å². The Bertz CT molecular complexity index is 278. The first kappa shape index (κ1) is 11.9. The zero-order valence-corrected chi connectivity index (χ0v) is 9.12. The number of hydrogen-bond acceptors (Lipinski definition) is 4. The minimum absolute atomic E-state index is 0.0127. The topological polar surface area (TPSA) is 60.4 Å². The maximum absolute atomic E-state index is 11.5. The number of esters is 1. The van der Waals surface area contributed by atoms with Gasteiger partial charge in [-0.2, -0.15) is 0 Å². The van der Waals surface area contributed by atoms with E-state index in [1.807, 2.05) is 0 Å². The van der Waals surface area contributed by atoms with Crippen LogP contribution in [-0.4, -0.2) is 24.1 Å². The zero-order chi connectivity index (χ0) is 11.4. The average Bonchev–Trinajstić information content (AvgIpc) is 2.96. The predicted molar refractivity (Wildman–Crippen MR) is 53.2 cm³/mol. The number of rotatable bonds is 6. The standard InChI is InChI=1S/C11H16O4/c1-3-15-11(14)9(7(2)12)6-10(13)8-4-5-8/h8-9H,3-6H2,1-2H3. The largest absolute Gasteiger partial charge is 0.465 e. The van der Waals surface area contributed by atoms with Crippen molar-refractivity contribution < 1.29 is 19.1 Å². The molecule has 0 saturated heterocycles. The quantitative estimate of drug-likeness (QED) is 0.489. The maximum atomic E-state index is 11.5. The van der Waals surface area contributed by atoms with E-state index in [4.69, 9.17) is 4.74 Å². The van der Waals surface area contributed by atoms with Crippen LogP contribution in [0.15, 0.2) is 0 Å². The molecule has 4 heteroatoms.